The third-order valence-electron chi connectivity index (χ3n) is 2.71. The van der Waals surface area contributed by atoms with Gasteiger partial charge >= 0.3 is 0 Å². The number of fused-ring (bicyclic) bond motifs is 1. The van der Waals surface area contributed by atoms with Gasteiger partial charge in [-0.1, -0.05) is 6.92 Å². The first-order valence-corrected chi connectivity index (χ1v) is 5.39. The minimum absolute atomic E-state index is 0.264. The summed E-state index contributed by atoms with van der Waals surface area (Å²) in [4.78, 5) is 11.9. The molecule has 2 aromatic rings. The van der Waals surface area contributed by atoms with Crippen LogP contribution in [0.1, 0.15) is 25.1 Å². The lowest BCUT2D eigenvalue weighted by Crippen LogP contribution is -2.12. The molecule has 0 fully saturated rings. The molecule has 86 valence electrons. The average molecular weight is 220 g/mol. The fraction of sp³-hybridized carbons (Fsp3) is 0.455. The van der Waals surface area contributed by atoms with Gasteiger partial charge in [-0.3, -0.25) is 0 Å². The van der Waals surface area contributed by atoms with Gasteiger partial charge in [-0.25, -0.2) is 4.98 Å². The van der Waals surface area contributed by atoms with Crippen molar-refractivity contribution in [2.45, 2.75) is 19.3 Å². The van der Waals surface area contributed by atoms with Gasteiger partial charge in [0, 0.05) is 18.5 Å². The van der Waals surface area contributed by atoms with E-state index in [0.29, 0.717) is 18.1 Å². The summed E-state index contributed by atoms with van der Waals surface area (Å²) in [5, 5.41) is 0. The zero-order chi connectivity index (χ0) is 11.5. The van der Waals surface area contributed by atoms with E-state index >= 15 is 0 Å². The number of rotatable bonds is 4. The lowest BCUT2D eigenvalue weighted by atomic mass is 10.1. The fourth-order valence-corrected chi connectivity index (χ4v) is 1.67. The number of hydrogen-bond donors (Lipinski definition) is 2. The van der Waals surface area contributed by atoms with Crippen molar-refractivity contribution < 1.29 is 4.74 Å². The minimum atomic E-state index is 0.264. The Kier molecular flexibility index (Phi) is 3.05. The normalized spacial score (nSPS) is 12.9. The van der Waals surface area contributed by atoms with Gasteiger partial charge in [-0.05, 0) is 12.5 Å². The second-order valence-corrected chi connectivity index (χ2v) is 3.69. The Morgan fingerprint density at radius 3 is 2.88 bits per heavy atom. The highest BCUT2D eigenvalue weighted by molar-refractivity contribution is 5.71. The lowest BCUT2D eigenvalue weighted by Gasteiger charge is -2.06. The van der Waals surface area contributed by atoms with E-state index in [1.54, 1.807) is 7.11 Å². The summed E-state index contributed by atoms with van der Waals surface area (Å²) < 4.78 is 5.05. The largest absolute Gasteiger partial charge is 0.481 e. The molecule has 1 unspecified atom stereocenters. The Balaban J connectivity index is 2.43. The quantitative estimate of drug-likeness (QED) is 0.817. The summed E-state index contributed by atoms with van der Waals surface area (Å²) in [6, 6.07) is 3.73. The standard InChI is InChI=1S/C11H16N4O/c1-3-7(6-12)10-13-8-4-5-9(16-2)14-11(8)15-10/h4-5,7H,3,6,12H2,1-2H3,(H,13,14,15). The predicted octanol–water partition coefficient (Wildman–Crippen LogP) is 1.42. The van der Waals surface area contributed by atoms with E-state index in [-0.39, 0.29) is 5.92 Å². The zero-order valence-corrected chi connectivity index (χ0v) is 9.53. The van der Waals surface area contributed by atoms with Gasteiger partial charge in [0.25, 0.3) is 0 Å². The molecule has 0 aromatic carbocycles. The molecule has 5 nitrogen and oxygen atoms in total. The number of aromatic nitrogens is 3. The van der Waals surface area contributed by atoms with E-state index in [2.05, 4.69) is 21.9 Å². The Morgan fingerprint density at radius 1 is 1.44 bits per heavy atom. The van der Waals surface area contributed by atoms with Gasteiger partial charge in [0.05, 0.1) is 12.6 Å². The van der Waals surface area contributed by atoms with Crippen molar-refractivity contribution in [3.05, 3.63) is 18.0 Å². The Labute approximate surface area is 94.0 Å². The minimum Gasteiger partial charge on any atom is -0.481 e. The molecule has 0 saturated carbocycles. The number of methoxy groups -OCH3 is 1. The van der Waals surface area contributed by atoms with Gasteiger partial charge in [0.1, 0.15) is 5.82 Å². The summed E-state index contributed by atoms with van der Waals surface area (Å²) in [5.74, 6) is 1.74. The summed E-state index contributed by atoms with van der Waals surface area (Å²) in [6.07, 6.45) is 0.966. The molecule has 0 radical (unpaired) electrons. The van der Waals surface area contributed by atoms with E-state index in [1.165, 1.54) is 0 Å². The summed E-state index contributed by atoms with van der Waals surface area (Å²) >= 11 is 0. The van der Waals surface area contributed by atoms with Crippen LogP contribution in [-0.2, 0) is 0 Å². The Bertz CT molecular complexity index is 476. The smallest absolute Gasteiger partial charge is 0.215 e. The topological polar surface area (TPSA) is 76.8 Å². The molecule has 0 bridgehead atoms. The molecule has 2 heterocycles. The molecule has 0 aliphatic heterocycles. The van der Waals surface area contributed by atoms with E-state index in [0.717, 1.165) is 17.8 Å². The van der Waals surface area contributed by atoms with Crippen molar-refractivity contribution in [1.82, 2.24) is 15.0 Å². The molecule has 1 atom stereocenters. The number of imidazole rings is 1. The highest BCUT2D eigenvalue weighted by atomic mass is 16.5. The van der Waals surface area contributed by atoms with Crippen molar-refractivity contribution in [3.63, 3.8) is 0 Å². The number of nitrogens with one attached hydrogen (secondary N) is 1. The highest BCUT2D eigenvalue weighted by Crippen LogP contribution is 2.20. The summed E-state index contributed by atoms with van der Waals surface area (Å²) in [7, 11) is 1.59. The first-order valence-electron chi connectivity index (χ1n) is 5.39. The van der Waals surface area contributed by atoms with E-state index < -0.39 is 0 Å². The van der Waals surface area contributed by atoms with Crippen LogP contribution in [0.4, 0.5) is 0 Å². The molecule has 0 aliphatic carbocycles. The third kappa shape index (κ3) is 1.86. The third-order valence-corrected chi connectivity index (χ3v) is 2.71. The molecule has 2 aromatic heterocycles. The molecule has 0 spiro atoms. The van der Waals surface area contributed by atoms with Gasteiger partial charge in [-0.2, -0.15) is 4.98 Å². The van der Waals surface area contributed by atoms with Crippen LogP contribution in [0.15, 0.2) is 12.1 Å². The second kappa shape index (κ2) is 4.49. The predicted molar refractivity (Wildman–Crippen MR) is 62.5 cm³/mol. The van der Waals surface area contributed by atoms with Crippen LogP contribution in [0.5, 0.6) is 5.88 Å². The molecule has 3 N–H and O–H groups in total. The molecule has 0 aliphatic rings. The number of ether oxygens (including phenoxy) is 1. The van der Waals surface area contributed by atoms with Crippen LogP contribution >= 0.6 is 0 Å². The maximum absolute atomic E-state index is 5.69. The number of hydrogen-bond acceptors (Lipinski definition) is 4. The number of nitrogens with zero attached hydrogens (tertiary/aromatic N) is 2. The zero-order valence-electron chi connectivity index (χ0n) is 9.53. The van der Waals surface area contributed by atoms with Crippen molar-refractivity contribution in [1.29, 1.82) is 0 Å². The first kappa shape index (κ1) is 10.9. The van der Waals surface area contributed by atoms with E-state index in [1.807, 2.05) is 12.1 Å². The van der Waals surface area contributed by atoms with Crippen molar-refractivity contribution in [2.24, 2.45) is 5.73 Å². The van der Waals surface area contributed by atoms with Crippen LogP contribution in [0.25, 0.3) is 11.2 Å². The summed E-state index contributed by atoms with van der Waals surface area (Å²) in [6.45, 7) is 2.69. The average Bonchev–Trinajstić information content (AvgIpc) is 2.72. The Hall–Kier alpha value is -1.62. The van der Waals surface area contributed by atoms with Crippen molar-refractivity contribution in [2.75, 3.05) is 13.7 Å². The highest BCUT2D eigenvalue weighted by Gasteiger charge is 2.13. The maximum atomic E-state index is 5.69. The second-order valence-electron chi connectivity index (χ2n) is 3.69. The molecule has 16 heavy (non-hydrogen) atoms. The number of aromatic amines is 1. The van der Waals surface area contributed by atoms with Crippen LogP contribution in [-0.4, -0.2) is 28.6 Å². The molecule has 0 saturated heterocycles. The van der Waals surface area contributed by atoms with Gasteiger partial charge < -0.3 is 15.5 Å². The number of nitrogens with two attached hydrogens (primary N) is 1. The summed E-state index contributed by atoms with van der Waals surface area (Å²) in [5.41, 5.74) is 7.29. The van der Waals surface area contributed by atoms with Crippen LogP contribution in [0.2, 0.25) is 0 Å². The lowest BCUT2D eigenvalue weighted by molar-refractivity contribution is 0.399. The van der Waals surface area contributed by atoms with Crippen molar-refractivity contribution in [3.8, 4) is 5.88 Å². The maximum Gasteiger partial charge on any atom is 0.215 e. The van der Waals surface area contributed by atoms with Crippen molar-refractivity contribution >= 4 is 11.2 Å². The van der Waals surface area contributed by atoms with E-state index in [9.17, 15) is 0 Å². The van der Waals surface area contributed by atoms with Gasteiger partial charge in [0.15, 0.2) is 5.65 Å². The van der Waals surface area contributed by atoms with Crippen LogP contribution in [0.3, 0.4) is 0 Å². The van der Waals surface area contributed by atoms with Gasteiger partial charge in [0.2, 0.25) is 5.88 Å². The Morgan fingerprint density at radius 2 is 2.25 bits per heavy atom. The molecular formula is C11H16N4O. The van der Waals surface area contributed by atoms with Crippen LogP contribution < -0.4 is 10.5 Å². The molecule has 2 rings (SSSR count). The number of pyridine rings is 1. The molecular weight excluding hydrogens is 204 g/mol. The number of H-pyrrole nitrogens is 1. The first-order chi connectivity index (χ1) is 7.78. The SMILES string of the molecule is CCC(CN)c1nc2nc(OC)ccc2[nH]1. The molecule has 0 amide bonds. The monoisotopic (exact) mass is 220 g/mol. The molecule has 5 heteroatoms. The van der Waals surface area contributed by atoms with Gasteiger partial charge in [-0.15, -0.1) is 0 Å². The van der Waals surface area contributed by atoms with Crippen LogP contribution in [0, 0.1) is 0 Å². The fourth-order valence-electron chi connectivity index (χ4n) is 1.67. The van der Waals surface area contributed by atoms with E-state index in [4.69, 9.17) is 10.5 Å².